The van der Waals surface area contributed by atoms with E-state index in [9.17, 15) is 4.79 Å². The Morgan fingerprint density at radius 2 is 2.19 bits per heavy atom. The number of aryl methyl sites for hydroxylation is 1. The van der Waals surface area contributed by atoms with Gasteiger partial charge in [0.15, 0.2) is 5.82 Å². The molecule has 0 saturated heterocycles. The molecule has 1 amide bonds. The second-order valence-corrected chi connectivity index (χ2v) is 4.08. The number of amides is 1. The lowest BCUT2D eigenvalue weighted by molar-refractivity contribution is -0.116. The maximum Gasteiger partial charge on any atom is 0.225 e. The molecule has 0 atom stereocenters. The summed E-state index contributed by atoms with van der Waals surface area (Å²) in [4.78, 5) is 13.2. The fourth-order valence-electron chi connectivity index (χ4n) is 1.68. The lowest BCUT2D eigenvalue weighted by atomic mass is 10.2. The van der Waals surface area contributed by atoms with Crippen molar-refractivity contribution in [3.8, 4) is 0 Å². The van der Waals surface area contributed by atoms with Crippen LogP contribution >= 0.6 is 0 Å². The molecule has 0 unspecified atom stereocenters. The average molecular weight is 223 g/mol. The first-order chi connectivity index (χ1) is 7.65. The number of aromatic nitrogens is 2. The van der Waals surface area contributed by atoms with Gasteiger partial charge in [-0.1, -0.05) is 26.2 Å². The molecule has 1 aromatic rings. The van der Waals surface area contributed by atoms with Crippen LogP contribution in [-0.4, -0.2) is 22.2 Å². The third-order valence-electron chi connectivity index (χ3n) is 2.59. The van der Waals surface area contributed by atoms with Gasteiger partial charge in [-0.3, -0.25) is 14.4 Å². The topological polar surface area (TPSA) is 38.1 Å². The van der Waals surface area contributed by atoms with Gasteiger partial charge in [-0.15, -0.1) is 0 Å². The summed E-state index contributed by atoms with van der Waals surface area (Å²) >= 11 is 0. The van der Waals surface area contributed by atoms with Crippen LogP contribution in [0.25, 0.3) is 0 Å². The fraction of sp³-hybridized carbons (Fsp3) is 0.667. The molecule has 0 bridgehead atoms. The summed E-state index contributed by atoms with van der Waals surface area (Å²) in [6.45, 7) is 4.54. The van der Waals surface area contributed by atoms with E-state index in [1.165, 1.54) is 19.3 Å². The van der Waals surface area contributed by atoms with Crippen molar-refractivity contribution < 1.29 is 4.79 Å². The molecule has 1 rings (SSSR count). The standard InChI is InChI=1S/C12H21N3O/c1-4-5-6-7-9-15(11(2)16)12-8-10-14(3)13-12/h8,10H,4-7,9H2,1-3H3. The first-order valence-corrected chi connectivity index (χ1v) is 5.93. The van der Waals surface area contributed by atoms with Crippen LogP contribution in [-0.2, 0) is 11.8 Å². The summed E-state index contributed by atoms with van der Waals surface area (Å²) in [6, 6.07) is 1.88. The van der Waals surface area contributed by atoms with E-state index in [1.807, 2.05) is 19.3 Å². The van der Waals surface area contributed by atoms with E-state index in [0.717, 1.165) is 18.8 Å². The van der Waals surface area contributed by atoms with E-state index in [1.54, 1.807) is 16.5 Å². The zero-order chi connectivity index (χ0) is 12.0. The second kappa shape index (κ2) is 6.30. The predicted molar refractivity (Wildman–Crippen MR) is 65.4 cm³/mol. The van der Waals surface area contributed by atoms with Crippen LogP contribution < -0.4 is 4.90 Å². The molecule has 1 heterocycles. The van der Waals surface area contributed by atoms with E-state index in [0.29, 0.717) is 0 Å². The SMILES string of the molecule is CCCCCCN(C(C)=O)c1ccn(C)n1. The second-order valence-electron chi connectivity index (χ2n) is 4.08. The zero-order valence-corrected chi connectivity index (χ0v) is 10.4. The number of hydrogen-bond acceptors (Lipinski definition) is 2. The summed E-state index contributed by atoms with van der Waals surface area (Å²) in [5, 5.41) is 4.25. The van der Waals surface area contributed by atoms with E-state index >= 15 is 0 Å². The number of hydrogen-bond donors (Lipinski definition) is 0. The number of rotatable bonds is 6. The van der Waals surface area contributed by atoms with E-state index < -0.39 is 0 Å². The molecule has 16 heavy (non-hydrogen) atoms. The van der Waals surface area contributed by atoms with Crippen molar-refractivity contribution in [1.29, 1.82) is 0 Å². The Morgan fingerprint density at radius 3 is 2.69 bits per heavy atom. The number of anilines is 1. The maximum atomic E-state index is 11.5. The van der Waals surface area contributed by atoms with Gasteiger partial charge in [0.2, 0.25) is 5.91 Å². The smallest absolute Gasteiger partial charge is 0.225 e. The molecule has 0 aromatic carbocycles. The molecule has 90 valence electrons. The lowest BCUT2D eigenvalue weighted by Gasteiger charge is -2.17. The average Bonchev–Trinajstić information content (AvgIpc) is 2.64. The van der Waals surface area contributed by atoms with Crippen LogP contribution in [0.15, 0.2) is 12.3 Å². The molecule has 0 aliphatic carbocycles. The lowest BCUT2D eigenvalue weighted by Crippen LogP contribution is -2.30. The Bertz CT molecular complexity index is 333. The van der Waals surface area contributed by atoms with Crippen molar-refractivity contribution in [3.05, 3.63) is 12.3 Å². The largest absolute Gasteiger partial charge is 0.296 e. The van der Waals surface area contributed by atoms with Crippen LogP contribution in [0, 0.1) is 0 Å². The van der Waals surface area contributed by atoms with E-state index in [2.05, 4.69) is 12.0 Å². The highest BCUT2D eigenvalue weighted by atomic mass is 16.2. The Morgan fingerprint density at radius 1 is 1.44 bits per heavy atom. The minimum atomic E-state index is 0.0650. The number of carbonyl (C=O) groups is 1. The van der Waals surface area contributed by atoms with Crippen LogP contribution in [0.3, 0.4) is 0 Å². The third-order valence-corrected chi connectivity index (χ3v) is 2.59. The van der Waals surface area contributed by atoms with Gasteiger partial charge in [-0.25, -0.2) is 0 Å². The molecular weight excluding hydrogens is 202 g/mol. The molecular formula is C12H21N3O. The Balaban J connectivity index is 2.52. The van der Waals surface area contributed by atoms with Gasteiger partial charge in [-0.2, -0.15) is 5.10 Å². The summed E-state index contributed by atoms with van der Waals surface area (Å²) in [7, 11) is 1.86. The van der Waals surface area contributed by atoms with Crippen LogP contribution in [0.4, 0.5) is 5.82 Å². The van der Waals surface area contributed by atoms with Crippen LogP contribution in [0.1, 0.15) is 39.5 Å². The minimum absolute atomic E-state index is 0.0650. The molecule has 0 aliphatic rings. The number of unbranched alkanes of at least 4 members (excludes halogenated alkanes) is 3. The summed E-state index contributed by atoms with van der Waals surface area (Å²) in [5.74, 6) is 0.821. The first kappa shape index (κ1) is 12.7. The molecule has 0 radical (unpaired) electrons. The third kappa shape index (κ3) is 3.68. The van der Waals surface area contributed by atoms with Crippen LogP contribution in [0.2, 0.25) is 0 Å². The van der Waals surface area contributed by atoms with Crippen molar-refractivity contribution in [2.24, 2.45) is 7.05 Å². The normalized spacial score (nSPS) is 10.4. The summed E-state index contributed by atoms with van der Waals surface area (Å²) < 4.78 is 1.72. The predicted octanol–water partition coefficient (Wildman–Crippen LogP) is 2.35. The Hall–Kier alpha value is -1.32. The van der Waals surface area contributed by atoms with E-state index in [4.69, 9.17) is 0 Å². The fourth-order valence-corrected chi connectivity index (χ4v) is 1.68. The number of carbonyl (C=O) groups excluding carboxylic acids is 1. The van der Waals surface area contributed by atoms with Gasteiger partial charge in [0, 0.05) is 32.8 Å². The number of nitrogens with zero attached hydrogens (tertiary/aromatic N) is 3. The summed E-state index contributed by atoms with van der Waals surface area (Å²) in [5.41, 5.74) is 0. The van der Waals surface area contributed by atoms with Crippen molar-refractivity contribution in [2.45, 2.75) is 39.5 Å². The van der Waals surface area contributed by atoms with Gasteiger partial charge in [0.25, 0.3) is 0 Å². The minimum Gasteiger partial charge on any atom is -0.296 e. The molecule has 4 heteroatoms. The molecule has 0 N–H and O–H groups in total. The van der Waals surface area contributed by atoms with Gasteiger partial charge < -0.3 is 0 Å². The molecule has 0 saturated carbocycles. The first-order valence-electron chi connectivity index (χ1n) is 5.93. The maximum absolute atomic E-state index is 11.5. The molecule has 0 spiro atoms. The highest BCUT2D eigenvalue weighted by molar-refractivity contribution is 5.90. The monoisotopic (exact) mass is 223 g/mol. The zero-order valence-electron chi connectivity index (χ0n) is 10.4. The highest BCUT2D eigenvalue weighted by Gasteiger charge is 2.12. The molecule has 1 aromatic heterocycles. The molecule has 0 fully saturated rings. The van der Waals surface area contributed by atoms with Gasteiger partial charge in [0.1, 0.15) is 0 Å². The van der Waals surface area contributed by atoms with Crippen molar-refractivity contribution in [1.82, 2.24) is 9.78 Å². The molecule has 4 nitrogen and oxygen atoms in total. The highest BCUT2D eigenvalue weighted by Crippen LogP contribution is 2.12. The van der Waals surface area contributed by atoms with Crippen molar-refractivity contribution in [2.75, 3.05) is 11.4 Å². The van der Waals surface area contributed by atoms with Gasteiger partial charge >= 0.3 is 0 Å². The van der Waals surface area contributed by atoms with Gasteiger partial charge in [-0.05, 0) is 6.42 Å². The van der Waals surface area contributed by atoms with Crippen molar-refractivity contribution in [3.63, 3.8) is 0 Å². The van der Waals surface area contributed by atoms with Gasteiger partial charge in [0.05, 0.1) is 0 Å². The molecule has 0 aliphatic heterocycles. The Labute approximate surface area is 97.2 Å². The van der Waals surface area contributed by atoms with Crippen molar-refractivity contribution >= 4 is 11.7 Å². The summed E-state index contributed by atoms with van der Waals surface area (Å²) in [6.07, 6.45) is 6.52. The van der Waals surface area contributed by atoms with E-state index in [-0.39, 0.29) is 5.91 Å². The Kier molecular flexibility index (Phi) is 5.02. The quantitative estimate of drug-likeness (QED) is 0.694. The van der Waals surface area contributed by atoms with Crippen LogP contribution in [0.5, 0.6) is 0 Å².